The molecule has 3 aromatic carbocycles. The predicted molar refractivity (Wildman–Crippen MR) is 81.1 cm³/mol. The molecular weight excluding hydrogens is 271 g/mol. The van der Waals surface area contributed by atoms with E-state index in [-0.39, 0.29) is 52.8 Å². The second-order valence-corrected chi connectivity index (χ2v) is 4.07. The van der Waals surface area contributed by atoms with Gasteiger partial charge in [0, 0.05) is 0 Å². The zero-order chi connectivity index (χ0) is 13.3. The smallest absolute Gasteiger partial charge is 1.00 e. The van der Waals surface area contributed by atoms with Crippen LogP contribution >= 0.6 is 0 Å². The Morgan fingerprint density at radius 2 is 0.800 bits per heavy atom. The van der Waals surface area contributed by atoms with Gasteiger partial charge in [0.1, 0.15) is 5.75 Å². The van der Waals surface area contributed by atoms with Crippen LogP contribution in [0.25, 0.3) is 11.1 Å². The Morgan fingerprint density at radius 1 is 0.500 bits per heavy atom. The van der Waals surface area contributed by atoms with Gasteiger partial charge >= 0.3 is 51.4 Å². The Morgan fingerprint density at radius 3 is 1.05 bits per heavy atom. The summed E-state index contributed by atoms with van der Waals surface area (Å²) in [6.07, 6.45) is 0. The molecule has 1 N–H and O–H groups in total. The van der Waals surface area contributed by atoms with Crippen LogP contribution in [0, 0.1) is 0 Å². The molecule has 0 aliphatic carbocycles. The Balaban J connectivity index is 0.000000389. The minimum atomic E-state index is 0. The third-order valence-corrected chi connectivity index (χ3v) is 2.64. The third-order valence-electron chi connectivity index (χ3n) is 2.64. The van der Waals surface area contributed by atoms with Crippen LogP contribution < -0.4 is 51.4 Å². The number of hydrogen-bond acceptors (Lipinski definition) is 1. The molecule has 0 radical (unpaired) electrons. The topological polar surface area (TPSA) is 20.2 Å². The summed E-state index contributed by atoms with van der Waals surface area (Å²) < 4.78 is 0. The molecule has 0 saturated heterocycles. The number of aromatic hydroxyl groups is 1. The number of benzene rings is 3. The maximum Gasteiger partial charge on any atom is 1.00 e. The van der Waals surface area contributed by atoms with Gasteiger partial charge in [0.05, 0.1) is 0 Å². The van der Waals surface area contributed by atoms with E-state index >= 15 is 0 Å². The van der Waals surface area contributed by atoms with E-state index in [1.165, 1.54) is 11.1 Å². The van der Waals surface area contributed by atoms with Crippen molar-refractivity contribution in [2.24, 2.45) is 0 Å². The molecule has 0 aromatic heterocycles. The van der Waals surface area contributed by atoms with E-state index in [0.29, 0.717) is 5.75 Å². The summed E-state index contributed by atoms with van der Waals surface area (Å²) in [5, 5.41) is 8.63. The summed E-state index contributed by atoms with van der Waals surface area (Å²) in [4.78, 5) is 0. The molecule has 0 atom stereocenters. The monoisotopic (exact) mass is 288 g/mol. The van der Waals surface area contributed by atoms with Gasteiger partial charge in [-0.1, -0.05) is 78.9 Å². The van der Waals surface area contributed by atoms with Gasteiger partial charge in [-0.25, -0.2) is 0 Å². The third kappa shape index (κ3) is 6.03. The molecular formula is C18H17KO. The number of rotatable bonds is 1. The number of para-hydroxylation sites is 1. The van der Waals surface area contributed by atoms with Crippen molar-refractivity contribution in [2.75, 3.05) is 0 Å². The SMILES string of the molecule is Oc1ccccc1.[H-].[K+].c1ccc(-c2ccccc2)cc1. The summed E-state index contributed by atoms with van der Waals surface area (Å²) in [5.41, 5.74) is 2.55. The standard InChI is InChI=1S/C12H10.C6H6O.K.H/c1-3-7-11(8-4-1)12-9-5-2-6-10-12;7-6-4-2-1-3-5-6;;/h1-10H;1-5,7H;;/q;;+1;-1. The fourth-order valence-electron chi connectivity index (χ4n) is 1.69. The van der Waals surface area contributed by atoms with Crippen LogP contribution in [0.2, 0.25) is 0 Å². The van der Waals surface area contributed by atoms with Gasteiger partial charge in [-0.3, -0.25) is 0 Å². The first-order valence-corrected chi connectivity index (χ1v) is 6.21. The van der Waals surface area contributed by atoms with Gasteiger partial charge in [-0.15, -0.1) is 0 Å². The van der Waals surface area contributed by atoms with E-state index in [1.807, 2.05) is 18.2 Å². The van der Waals surface area contributed by atoms with Gasteiger partial charge in [0.2, 0.25) is 0 Å². The molecule has 96 valence electrons. The van der Waals surface area contributed by atoms with Crippen LogP contribution in [0.1, 0.15) is 1.43 Å². The summed E-state index contributed by atoms with van der Waals surface area (Å²) in [6, 6.07) is 29.5. The van der Waals surface area contributed by atoms with Crippen LogP contribution in [0.3, 0.4) is 0 Å². The minimum absolute atomic E-state index is 0. The largest absolute Gasteiger partial charge is 1.00 e. The predicted octanol–water partition coefficient (Wildman–Crippen LogP) is 1.86. The van der Waals surface area contributed by atoms with Crippen molar-refractivity contribution < 1.29 is 57.9 Å². The number of hydrogen-bond donors (Lipinski definition) is 1. The molecule has 0 amide bonds. The first-order chi connectivity index (χ1) is 9.36. The van der Waals surface area contributed by atoms with E-state index in [4.69, 9.17) is 5.11 Å². The molecule has 0 aliphatic rings. The second kappa shape index (κ2) is 9.92. The molecule has 0 bridgehead atoms. The van der Waals surface area contributed by atoms with Crippen LogP contribution in [0.4, 0.5) is 0 Å². The van der Waals surface area contributed by atoms with E-state index in [0.717, 1.165) is 0 Å². The average Bonchev–Trinajstić information content (AvgIpc) is 2.51. The fraction of sp³-hybridized carbons (Fsp3) is 0. The molecule has 3 aromatic rings. The van der Waals surface area contributed by atoms with E-state index in [1.54, 1.807) is 24.3 Å². The summed E-state index contributed by atoms with van der Waals surface area (Å²) in [6.45, 7) is 0. The molecule has 0 unspecified atom stereocenters. The maximum atomic E-state index is 8.63. The minimum Gasteiger partial charge on any atom is -1.00 e. The van der Waals surface area contributed by atoms with Crippen LogP contribution in [0.15, 0.2) is 91.0 Å². The van der Waals surface area contributed by atoms with Gasteiger partial charge in [-0.2, -0.15) is 0 Å². The zero-order valence-corrected chi connectivity index (χ0v) is 14.7. The van der Waals surface area contributed by atoms with Gasteiger partial charge < -0.3 is 6.53 Å². The van der Waals surface area contributed by atoms with Gasteiger partial charge in [0.25, 0.3) is 0 Å². The molecule has 0 aliphatic heterocycles. The van der Waals surface area contributed by atoms with Crippen LogP contribution in [-0.4, -0.2) is 5.11 Å². The van der Waals surface area contributed by atoms with Crippen LogP contribution in [0.5, 0.6) is 5.75 Å². The summed E-state index contributed by atoms with van der Waals surface area (Å²) in [7, 11) is 0. The van der Waals surface area contributed by atoms with Crippen molar-refractivity contribution in [3.05, 3.63) is 91.0 Å². The Hall–Kier alpha value is -0.904. The van der Waals surface area contributed by atoms with Crippen LogP contribution in [-0.2, 0) is 0 Å². The van der Waals surface area contributed by atoms with Gasteiger partial charge in [-0.05, 0) is 23.3 Å². The molecule has 0 fully saturated rings. The fourth-order valence-corrected chi connectivity index (χ4v) is 1.69. The van der Waals surface area contributed by atoms with Gasteiger partial charge in [0.15, 0.2) is 0 Å². The maximum absolute atomic E-state index is 8.63. The summed E-state index contributed by atoms with van der Waals surface area (Å²) >= 11 is 0. The zero-order valence-electron chi connectivity index (χ0n) is 12.6. The number of phenolic OH excluding ortho intramolecular Hbond substituents is 1. The Labute approximate surface area is 164 Å². The number of phenols is 1. The van der Waals surface area contributed by atoms with E-state index in [9.17, 15) is 0 Å². The molecule has 20 heavy (non-hydrogen) atoms. The first-order valence-electron chi connectivity index (χ1n) is 6.21. The molecule has 0 spiro atoms. The molecule has 0 heterocycles. The van der Waals surface area contributed by atoms with Crippen molar-refractivity contribution in [1.29, 1.82) is 0 Å². The van der Waals surface area contributed by atoms with Crippen molar-refractivity contribution in [3.8, 4) is 16.9 Å². The van der Waals surface area contributed by atoms with Crippen molar-refractivity contribution in [3.63, 3.8) is 0 Å². The molecule has 3 rings (SSSR count). The van der Waals surface area contributed by atoms with Crippen molar-refractivity contribution >= 4 is 0 Å². The Bertz CT molecular complexity index is 548. The van der Waals surface area contributed by atoms with Crippen molar-refractivity contribution in [1.82, 2.24) is 0 Å². The molecule has 1 nitrogen and oxygen atoms in total. The first kappa shape index (κ1) is 17.1. The van der Waals surface area contributed by atoms with E-state index in [2.05, 4.69) is 48.5 Å². The van der Waals surface area contributed by atoms with Crippen molar-refractivity contribution in [2.45, 2.75) is 0 Å². The quantitative estimate of drug-likeness (QED) is 0.678. The Kier molecular flexibility index (Phi) is 8.50. The normalized spacial score (nSPS) is 8.80. The summed E-state index contributed by atoms with van der Waals surface area (Å²) in [5.74, 6) is 0.322. The average molecular weight is 288 g/mol. The molecule has 0 saturated carbocycles. The molecule has 2 heteroatoms. The van der Waals surface area contributed by atoms with E-state index < -0.39 is 0 Å². The second-order valence-electron chi connectivity index (χ2n) is 4.07.